The fourth-order valence-corrected chi connectivity index (χ4v) is 2.67. The standard InChI is InChI=1S/C15H14F2N2O4/c16-9-1-2-11(10(17)6-9)19-7-8(5-12(19)20)13(21)18-15(3-4-15)14(22)23/h1-2,6,8H,3-5,7H2,(H,18,21)(H,22,23). The van der Waals surface area contributed by atoms with Gasteiger partial charge < -0.3 is 15.3 Å². The minimum Gasteiger partial charge on any atom is -0.480 e. The van der Waals surface area contributed by atoms with Crippen molar-refractivity contribution in [2.75, 3.05) is 11.4 Å². The minimum absolute atomic E-state index is 0.0665. The van der Waals surface area contributed by atoms with Gasteiger partial charge in [0.15, 0.2) is 0 Å². The summed E-state index contributed by atoms with van der Waals surface area (Å²) in [7, 11) is 0. The van der Waals surface area contributed by atoms with Gasteiger partial charge >= 0.3 is 5.97 Å². The first kappa shape index (κ1) is 15.4. The molecule has 1 aliphatic carbocycles. The van der Waals surface area contributed by atoms with E-state index in [1.807, 2.05) is 0 Å². The number of anilines is 1. The second kappa shape index (κ2) is 5.29. The zero-order valence-electron chi connectivity index (χ0n) is 12.0. The number of aliphatic carboxylic acids is 1. The fraction of sp³-hybridized carbons (Fsp3) is 0.400. The molecule has 1 unspecified atom stereocenters. The van der Waals surface area contributed by atoms with E-state index in [4.69, 9.17) is 5.11 Å². The van der Waals surface area contributed by atoms with Crippen LogP contribution < -0.4 is 10.2 Å². The highest BCUT2D eigenvalue weighted by Gasteiger charge is 2.53. The number of carbonyl (C=O) groups excluding carboxylic acids is 2. The monoisotopic (exact) mass is 324 g/mol. The first-order chi connectivity index (χ1) is 10.8. The van der Waals surface area contributed by atoms with Crippen molar-refractivity contribution in [1.82, 2.24) is 5.32 Å². The maximum Gasteiger partial charge on any atom is 0.329 e. The van der Waals surface area contributed by atoms with Crippen molar-refractivity contribution in [1.29, 1.82) is 0 Å². The molecule has 2 fully saturated rings. The van der Waals surface area contributed by atoms with Gasteiger partial charge in [-0.15, -0.1) is 0 Å². The van der Waals surface area contributed by atoms with Crippen molar-refractivity contribution < 1.29 is 28.3 Å². The van der Waals surface area contributed by atoms with Gasteiger partial charge in [-0.1, -0.05) is 0 Å². The number of carboxylic acids is 1. The molecule has 1 atom stereocenters. The molecular weight excluding hydrogens is 310 g/mol. The Morgan fingerprint density at radius 1 is 1.30 bits per heavy atom. The molecule has 122 valence electrons. The number of hydrogen-bond donors (Lipinski definition) is 2. The molecule has 1 aromatic rings. The van der Waals surface area contributed by atoms with Crippen LogP contribution in [0.15, 0.2) is 18.2 Å². The van der Waals surface area contributed by atoms with Gasteiger partial charge in [0.1, 0.15) is 17.2 Å². The van der Waals surface area contributed by atoms with Crippen LogP contribution in [0.3, 0.4) is 0 Å². The van der Waals surface area contributed by atoms with Gasteiger partial charge in [-0.05, 0) is 25.0 Å². The summed E-state index contributed by atoms with van der Waals surface area (Å²) in [6.45, 7) is -0.0665. The average molecular weight is 324 g/mol. The van der Waals surface area contributed by atoms with E-state index in [0.29, 0.717) is 18.9 Å². The van der Waals surface area contributed by atoms with Gasteiger partial charge in [0.05, 0.1) is 11.6 Å². The number of carbonyl (C=O) groups is 3. The van der Waals surface area contributed by atoms with Crippen molar-refractivity contribution in [3.63, 3.8) is 0 Å². The molecule has 1 heterocycles. The van der Waals surface area contributed by atoms with Crippen LogP contribution in [0.25, 0.3) is 0 Å². The number of halogens is 2. The number of amides is 2. The summed E-state index contributed by atoms with van der Waals surface area (Å²) in [4.78, 5) is 36.3. The second-order valence-electron chi connectivity index (χ2n) is 5.88. The summed E-state index contributed by atoms with van der Waals surface area (Å²) >= 11 is 0. The Morgan fingerprint density at radius 3 is 2.57 bits per heavy atom. The molecule has 0 bridgehead atoms. The van der Waals surface area contributed by atoms with Gasteiger partial charge in [-0.3, -0.25) is 9.59 Å². The summed E-state index contributed by atoms with van der Waals surface area (Å²) in [5, 5.41) is 11.5. The Balaban J connectivity index is 1.72. The number of nitrogens with zero attached hydrogens (tertiary/aromatic N) is 1. The molecule has 1 aliphatic heterocycles. The Morgan fingerprint density at radius 2 is 2.00 bits per heavy atom. The van der Waals surface area contributed by atoms with Crippen LogP contribution in [-0.2, 0) is 14.4 Å². The highest BCUT2D eigenvalue weighted by molar-refractivity contribution is 6.01. The van der Waals surface area contributed by atoms with E-state index in [0.717, 1.165) is 17.0 Å². The Bertz CT molecular complexity index is 703. The Hall–Kier alpha value is -2.51. The quantitative estimate of drug-likeness (QED) is 0.867. The lowest BCUT2D eigenvalue weighted by Gasteiger charge is -2.18. The van der Waals surface area contributed by atoms with Gasteiger partial charge in [-0.25, -0.2) is 13.6 Å². The second-order valence-corrected chi connectivity index (χ2v) is 5.88. The van der Waals surface area contributed by atoms with E-state index >= 15 is 0 Å². The third-order valence-corrected chi connectivity index (χ3v) is 4.22. The molecule has 0 aromatic heterocycles. The molecule has 0 radical (unpaired) electrons. The van der Waals surface area contributed by atoms with Crippen LogP contribution in [0.5, 0.6) is 0 Å². The molecular formula is C15H14F2N2O4. The van der Waals surface area contributed by atoms with E-state index < -0.39 is 40.9 Å². The lowest BCUT2D eigenvalue weighted by molar-refractivity contribution is -0.143. The third-order valence-electron chi connectivity index (χ3n) is 4.22. The van der Waals surface area contributed by atoms with Crippen LogP contribution in [0.4, 0.5) is 14.5 Å². The highest BCUT2D eigenvalue weighted by atomic mass is 19.1. The summed E-state index contributed by atoms with van der Waals surface area (Å²) in [6, 6.07) is 2.84. The lowest BCUT2D eigenvalue weighted by atomic mass is 10.1. The van der Waals surface area contributed by atoms with Crippen molar-refractivity contribution in [2.45, 2.75) is 24.8 Å². The molecule has 6 nitrogen and oxygen atoms in total. The maximum atomic E-state index is 13.8. The van der Waals surface area contributed by atoms with Crippen LogP contribution in [-0.4, -0.2) is 35.0 Å². The van der Waals surface area contributed by atoms with Crippen molar-refractivity contribution in [2.24, 2.45) is 5.92 Å². The van der Waals surface area contributed by atoms with Crippen molar-refractivity contribution in [3.05, 3.63) is 29.8 Å². The predicted octanol–water partition coefficient (Wildman–Crippen LogP) is 1.05. The fourth-order valence-electron chi connectivity index (χ4n) is 2.67. The number of benzene rings is 1. The summed E-state index contributed by atoms with van der Waals surface area (Å²) in [5.74, 6) is -4.51. The molecule has 2 aliphatic rings. The highest BCUT2D eigenvalue weighted by Crippen LogP contribution is 2.36. The number of carboxylic acid groups (broad SMARTS) is 1. The maximum absolute atomic E-state index is 13.8. The first-order valence-electron chi connectivity index (χ1n) is 7.13. The van der Waals surface area contributed by atoms with Crippen molar-refractivity contribution >= 4 is 23.5 Å². The van der Waals surface area contributed by atoms with Crippen LogP contribution in [0.1, 0.15) is 19.3 Å². The molecule has 1 saturated carbocycles. The smallest absolute Gasteiger partial charge is 0.329 e. The van der Waals surface area contributed by atoms with E-state index in [-0.39, 0.29) is 18.7 Å². The Kier molecular flexibility index (Phi) is 3.54. The van der Waals surface area contributed by atoms with Gasteiger partial charge in [0, 0.05) is 19.0 Å². The minimum atomic E-state index is -1.23. The topological polar surface area (TPSA) is 86.7 Å². The van der Waals surface area contributed by atoms with Gasteiger partial charge in [-0.2, -0.15) is 0 Å². The molecule has 3 rings (SSSR count). The first-order valence-corrected chi connectivity index (χ1v) is 7.13. The predicted molar refractivity (Wildman–Crippen MR) is 74.6 cm³/mol. The Labute approximate surface area is 130 Å². The SMILES string of the molecule is O=C(NC1(C(=O)O)CC1)C1CC(=O)N(c2ccc(F)cc2F)C1. The lowest BCUT2D eigenvalue weighted by Crippen LogP contribution is -2.46. The molecule has 2 N–H and O–H groups in total. The van der Waals surface area contributed by atoms with Crippen LogP contribution >= 0.6 is 0 Å². The molecule has 8 heteroatoms. The molecule has 23 heavy (non-hydrogen) atoms. The van der Waals surface area contributed by atoms with Crippen molar-refractivity contribution in [3.8, 4) is 0 Å². The number of rotatable bonds is 4. The third kappa shape index (κ3) is 2.76. The van der Waals surface area contributed by atoms with Crippen LogP contribution in [0.2, 0.25) is 0 Å². The van der Waals surface area contributed by atoms with E-state index in [1.165, 1.54) is 0 Å². The summed E-state index contributed by atoms with van der Waals surface area (Å²) in [5.41, 5.74) is -1.32. The summed E-state index contributed by atoms with van der Waals surface area (Å²) < 4.78 is 26.7. The number of hydrogen-bond acceptors (Lipinski definition) is 3. The van der Waals surface area contributed by atoms with Gasteiger partial charge in [0.25, 0.3) is 0 Å². The van der Waals surface area contributed by atoms with E-state index in [1.54, 1.807) is 0 Å². The zero-order valence-corrected chi connectivity index (χ0v) is 12.0. The molecule has 0 spiro atoms. The van der Waals surface area contributed by atoms with E-state index in [2.05, 4.69) is 5.32 Å². The normalized spacial score (nSPS) is 22.1. The largest absolute Gasteiger partial charge is 0.480 e. The summed E-state index contributed by atoms with van der Waals surface area (Å²) in [6.07, 6.45) is 0.564. The molecule has 1 saturated heterocycles. The molecule has 1 aromatic carbocycles. The van der Waals surface area contributed by atoms with Crippen LogP contribution in [0, 0.1) is 17.6 Å². The zero-order chi connectivity index (χ0) is 16.8. The average Bonchev–Trinajstić information content (AvgIpc) is 3.15. The number of nitrogens with one attached hydrogen (secondary N) is 1. The van der Waals surface area contributed by atoms with E-state index in [9.17, 15) is 23.2 Å². The van der Waals surface area contributed by atoms with Gasteiger partial charge in [0.2, 0.25) is 11.8 Å². The molecule has 2 amide bonds.